The fourth-order valence-corrected chi connectivity index (χ4v) is 2.47. The molecule has 19 heavy (non-hydrogen) atoms. The molecule has 0 spiro atoms. The highest BCUT2D eigenvalue weighted by molar-refractivity contribution is 5.92. The summed E-state index contributed by atoms with van der Waals surface area (Å²) in [6.07, 6.45) is -3.35. The number of hydrogen-bond donors (Lipinski definition) is 0. The van der Waals surface area contributed by atoms with E-state index in [1.165, 1.54) is 17.7 Å². The number of halogens is 3. The molecule has 0 amide bonds. The minimum absolute atomic E-state index is 0.0520. The number of carbonyl (C=O) groups is 1. The molecule has 0 unspecified atom stereocenters. The maximum absolute atomic E-state index is 12.2. The Balaban J connectivity index is 2.02. The second kappa shape index (κ2) is 3.98. The highest BCUT2D eigenvalue weighted by Crippen LogP contribution is 2.34. The van der Waals surface area contributed by atoms with Gasteiger partial charge < -0.3 is 4.74 Å². The maximum Gasteiger partial charge on any atom is 0.491 e. The lowest BCUT2D eigenvalue weighted by molar-refractivity contribution is -0.189. The van der Waals surface area contributed by atoms with E-state index >= 15 is 0 Å². The summed E-state index contributed by atoms with van der Waals surface area (Å²) in [6.45, 7) is 0. The number of rotatable bonds is 1. The first-order valence-corrected chi connectivity index (χ1v) is 5.79. The molecule has 1 aliphatic rings. The molecule has 0 bridgehead atoms. The summed E-state index contributed by atoms with van der Waals surface area (Å²) in [5, 5.41) is 1.87. The number of hydrogen-bond acceptors (Lipinski definition) is 2. The molecule has 2 aromatic carbocycles. The molecule has 0 aromatic heterocycles. The zero-order chi connectivity index (χ0) is 13.6. The standard InChI is InChI=1S/C14H9F3O2/c15-14(16,17)13(18)19-11-6-9-3-1-2-8-4-5-10(7-11)12(8)9/h1-3,6-7H,4-5H2. The van der Waals surface area contributed by atoms with Gasteiger partial charge in [0.15, 0.2) is 0 Å². The van der Waals surface area contributed by atoms with Gasteiger partial charge in [-0.2, -0.15) is 13.2 Å². The van der Waals surface area contributed by atoms with Crippen molar-refractivity contribution in [2.75, 3.05) is 0 Å². The van der Waals surface area contributed by atoms with Crippen molar-refractivity contribution >= 4 is 16.7 Å². The number of alkyl halides is 3. The van der Waals surface area contributed by atoms with Gasteiger partial charge in [-0.25, -0.2) is 4.79 Å². The van der Waals surface area contributed by atoms with Gasteiger partial charge in [0.2, 0.25) is 0 Å². The molecule has 1 aliphatic carbocycles. The van der Waals surface area contributed by atoms with Gasteiger partial charge in [0.1, 0.15) is 5.75 Å². The zero-order valence-corrected chi connectivity index (χ0v) is 9.75. The van der Waals surface area contributed by atoms with Crippen LogP contribution in [0.1, 0.15) is 11.1 Å². The third-order valence-electron chi connectivity index (χ3n) is 3.22. The molecule has 0 atom stereocenters. The highest BCUT2D eigenvalue weighted by Gasteiger charge is 2.41. The van der Waals surface area contributed by atoms with E-state index in [0.29, 0.717) is 0 Å². The first-order chi connectivity index (χ1) is 8.95. The van der Waals surface area contributed by atoms with Gasteiger partial charge in [-0.05, 0) is 46.9 Å². The van der Waals surface area contributed by atoms with E-state index in [2.05, 4.69) is 4.74 Å². The fourth-order valence-electron chi connectivity index (χ4n) is 2.47. The number of aryl methyl sites for hydroxylation is 2. The van der Waals surface area contributed by atoms with Crippen molar-refractivity contribution in [2.45, 2.75) is 19.0 Å². The molecule has 98 valence electrons. The van der Waals surface area contributed by atoms with Gasteiger partial charge in [0.25, 0.3) is 0 Å². The predicted molar refractivity (Wildman–Crippen MR) is 63.0 cm³/mol. The summed E-state index contributed by atoms with van der Waals surface area (Å²) in [7, 11) is 0. The van der Waals surface area contributed by atoms with Crippen LogP contribution in [0, 0.1) is 0 Å². The van der Waals surface area contributed by atoms with Crippen molar-refractivity contribution < 1.29 is 22.7 Å². The molecule has 0 saturated heterocycles. The van der Waals surface area contributed by atoms with Gasteiger partial charge in [-0.1, -0.05) is 18.2 Å². The number of ether oxygens (including phenoxy) is 1. The molecule has 5 heteroatoms. The molecule has 0 saturated carbocycles. The molecular weight excluding hydrogens is 257 g/mol. The van der Waals surface area contributed by atoms with Crippen molar-refractivity contribution in [3.8, 4) is 5.75 Å². The van der Waals surface area contributed by atoms with E-state index in [-0.39, 0.29) is 5.75 Å². The first kappa shape index (κ1) is 12.0. The second-order valence-electron chi connectivity index (χ2n) is 4.48. The minimum atomic E-state index is -4.98. The summed E-state index contributed by atoms with van der Waals surface area (Å²) in [5.74, 6) is -2.24. The van der Waals surface area contributed by atoms with Gasteiger partial charge in [-0.3, -0.25) is 0 Å². The lowest BCUT2D eigenvalue weighted by Gasteiger charge is -2.09. The quantitative estimate of drug-likeness (QED) is 0.584. The van der Waals surface area contributed by atoms with Crippen molar-refractivity contribution in [2.24, 2.45) is 0 Å². The van der Waals surface area contributed by atoms with E-state index in [9.17, 15) is 18.0 Å². The summed E-state index contributed by atoms with van der Waals surface area (Å²) < 4.78 is 40.9. The van der Waals surface area contributed by atoms with Crippen LogP contribution >= 0.6 is 0 Å². The van der Waals surface area contributed by atoms with Crippen molar-refractivity contribution in [1.82, 2.24) is 0 Å². The van der Waals surface area contributed by atoms with Crippen LogP contribution in [0.4, 0.5) is 13.2 Å². The van der Waals surface area contributed by atoms with Crippen LogP contribution in [0.25, 0.3) is 10.8 Å². The third kappa shape index (κ3) is 2.05. The average Bonchev–Trinajstić information content (AvgIpc) is 2.73. The molecule has 0 heterocycles. The molecule has 2 nitrogen and oxygen atoms in total. The Hall–Kier alpha value is -2.04. The minimum Gasteiger partial charge on any atom is -0.420 e. The lowest BCUT2D eigenvalue weighted by Crippen LogP contribution is -2.27. The fraction of sp³-hybridized carbons (Fsp3) is 0.214. The van der Waals surface area contributed by atoms with Gasteiger partial charge in [-0.15, -0.1) is 0 Å². The Bertz CT molecular complexity index is 674. The summed E-state index contributed by atoms with van der Waals surface area (Å²) in [4.78, 5) is 10.8. The highest BCUT2D eigenvalue weighted by atomic mass is 19.4. The molecule has 0 radical (unpaired) electrons. The smallest absolute Gasteiger partial charge is 0.420 e. The van der Waals surface area contributed by atoms with Gasteiger partial charge >= 0.3 is 12.1 Å². The number of esters is 1. The Morgan fingerprint density at radius 1 is 1.11 bits per heavy atom. The summed E-state index contributed by atoms with van der Waals surface area (Å²) in [5.41, 5.74) is 2.11. The summed E-state index contributed by atoms with van der Waals surface area (Å²) in [6, 6.07) is 8.64. The number of carbonyl (C=O) groups excluding carboxylic acids is 1. The van der Waals surface area contributed by atoms with E-state index in [1.54, 1.807) is 6.07 Å². The van der Waals surface area contributed by atoms with Crippen molar-refractivity contribution in [1.29, 1.82) is 0 Å². The maximum atomic E-state index is 12.2. The van der Waals surface area contributed by atoms with E-state index in [0.717, 1.165) is 29.2 Å². The van der Waals surface area contributed by atoms with E-state index in [4.69, 9.17) is 0 Å². The Labute approximate surface area is 106 Å². The third-order valence-corrected chi connectivity index (χ3v) is 3.22. The molecule has 2 aromatic rings. The van der Waals surface area contributed by atoms with Crippen LogP contribution in [0.5, 0.6) is 5.75 Å². The van der Waals surface area contributed by atoms with Crippen LogP contribution < -0.4 is 4.74 Å². The lowest BCUT2D eigenvalue weighted by atomic mass is 10.0. The Morgan fingerprint density at radius 3 is 2.58 bits per heavy atom. The molecule has 0 fully saturated rings. The number of benzene rings is 2. The Morgan fingerprint density at radius 2 is 1.84 bits per heavy atom. The zero-order valence-electron chi connectivity index (χ0n) is 9.75. The normalized spacial score (nSPS) is 13.8. The van der Waals surface area contributed by atoms with E-state index < -0.39 is 12.1 Å². The average molecular weight is 266 g/mol. The molecular formula is C14H9F3O2. The van der Waals surface area contributed by atoms with Gasteiger partial charge in [0.05, 0.1) is 0 Å². The van der Waals surface area contributed by atoms with Crippen LogP contribution in [0.15, 0.2) is 30.3 Å². The van der Waals surface area contributed by atoms with Gasteiger partial charge in [0, 0.05) is 0 Å². The van der Waals surface area contributed by atoms with E-state index in [1.807, 2.05) is 12.1 Å². The summed E-state index contributed by atoms with van der Waals surface area (Å²) >= 11 is 0. The molecule has 3 rings (SSSR count). The SMILES string of the molecule is O=C(Oc1cc2c3c(cccc3c1)CC2)C(F)(F)F. The van der Waals surface area contributed by atoms with Crippen LogP contribution in [0.3, 0.4) is 0 Å². The molecule has 0 aliphatic heterocycles. The van der Waals surface area contributed by atoms with Crippen LogP contribution in [0.2, 0.25) is 0 Å². The first-order valence-electron chi connectivity index (χ1n) is 5.79. The Kier molecular flexibility index (Phi) is 2.52. The van der Waals surface area contributed by atoms with Crippen LogP contribution in [-0.4, -0.2) is 12.1 Å². The predicted octanol–water partition coefficient (Wildman–Crippen LogP) is 3.41. The van der Waals surface area contributed by atoms with Crippen LogP contribution in [-0.2, 0) is 17.6 Å². The monoisotopic (exact) mass is 266 g/mol. The van der Waals surface area contributed by atoms with Crippen molar-refractivity contribution in [3.63, 3.8) is 0 Å². The second-order valence-corrected chi connectivity index (χ2v) is 4.48. The van der Waals surface area contributed by atoms with Crippen molar-refractivity contribution in [3.05, 3.63) is 41.5 Å². The largest absolute Gasteiger partial charge is 0.491 e. The molecule has 0 N–H and O–H groups in total. The topological polar surface area (TPSA) is 26.3 Å².